The SMILES string of the molecule is O=C(NCC1CCCC1C(=O)O)c1cc(Cl)cc(Cl)c1I. The zero-order valence-corrected chi connectivity index (χ0v) is 14.7. The highest BCUT2D eigenvalue weighted by Crippen LogP contribution is 2.31. The number of amides is 1. The van der Waals surface area contributed by atoms with Gasteiger partial charge in [0.15, 0.2) is 0 Å². The number of benzene rings is 1. The number of aliphatic carboxylic acids is 1. The molecule has 21 heavy (non-hydrogen) atoms. The molecule has 0 spiro atoms. The summed E-state index contributed by atoms with van der Waals surface area (Å²) in [5, 5.41) is 12.8. The van der Waals surface area contributed by atoms with Crippen LogP contribution in [0.25, 0.3) is 0 Å². The molecular formula is C14H14Cl2INO3. The maximum Gasteiger partial charge on any atom is 0.306 e. The third kappa shape index (κ3) is 4.02. The molecule has 1 aliphatic rings. The van der Waals surface area contributed by atoms with Crippen LogP contribution in [-0.2, 0) is 4.79 Å². The molecule has 2 rings (SSSR count). The molecule has 2 unspecified atom stereocenters. The van der Waals surface area contributed by atoms with Crippen molar-refractivity contribution in [3.05, 3.63) is 31.3 Å². The molecule has 1 saturated carbocycles. The normalized spacial score (nSPS) is 21.3. The Hall–Kier alpha value is -0.530. The number of hydrogen-bond acceptors (Lipinski definition) is 2. The summed E-state index contributed by atoms with van der Waals surface area (Å²) in [6.45, 7) is 0.357. The van der Waals surface area contributed by atoms with Crippen LogP contribution < -0.4 is 5.32 Å². The number of carbonyl (C=O) groups is 2. The summed E-state index contributed by atoms with van der Waals surface area (Å²) in [6.07, 6.45) is 2.39. The maximum atomic E-state index is 12.2. The molecule has 114 valence electrons. The summed E-state index contributed by atoms with van der Waals surface area (Å²) in [5.41, 5.74) is 0.415. The van der Waals surface area contributed by atoms with Crippen molar-refractivity contribution in [2.45, 2.75) is 19.3 Å². The predicted octanol–water partition coefficient (Wildman–Crippen LogP) is 3.83. The molecule has 0 radical (unpaired) electrons. The maximum absolute atomic E-state index is 12.2. The van der Waals surface area contributed by atoms with Crippen LogP contribution in [0.3, 0.4) is 0 Å². The lowest BCUT2D eigenvalue weighted by Gasteiger charge is -2.17. The summed E-state index contributed by atoms with van der Waals surface area (Å²) in [6, 6.07) is 3.15. The lowest BCUT2D eigenvalue weighted by atomic mass is 9.96. The van der Waals surface area contributed by atoms with E-state index in [1.54, 1.807) is 12.1 Å². The van der Waals surface area contributed by atoms with Crippen molar-refractivity contribution < 1.29 is 14.7 Å². The monoisotopic (exact) mass is 441 g/mol. The Labute approximate surface area is 146 Å². The lowest BCUT2D eigenvalue weighted by Crippen LogP contribution is -2.33. The quantitative estimate of drug-likeness (QED) is 0.551. The fourth-order valence-electron chi connectivity index (χ4n) is 2.65. The lowest BCUT2D eigenvalue weighted by molar-refractivity contribution is -0.142. The van der Waals surface area contributed by atoms with Crippen molar-refractivity contribution in [3.8, 4) is 0 Å². The molecule has 4 nitrogen and oxygen atoms in total. The second-order valence-corrected chi connectivity index (χ2v) is 7.02. The predicted molar refractivity (Wildman–Crippen MR) is 90.0 cm³/mol. The van der Waals surface area contributed by atoms with Gasteiger partial charge in [-0.1, -0.05) is 29.6 Å². The molecule has 1 aromatic rings. The minimum Gasteiger partial charge on any atom is -0.481 e. The van der Waals surface area contributed by atoms with Crippen molar-refractivity contribution in [1.29, 1.82) is 0 Å². The number of rotatable bonds is 4. The Kier molecular flexibility index (Phi) is 5.73. The van der Waals surface area contributed by atoms with Gasteiger partial charge >= 0.3 is 5.97 Å². The first-order valence-electron chi connectivity index (χ1n) is 6.55. The van der Waals surface area contributed by atoms with Gasteiger partial charge in [0.25, 0.3) is 5.91 Å². The average Bonchev–Trinajstić information content (AvgIpc) is 2.88. The van der Waals surface area contributed by atoms with Crippen molar-refractivity contribution in [2.75, 3.05) is 6.54 Å². The van der Waals surface area contributed by atoms with Crippen LogP contribution >= 0.6 is 45.8 Å². The van der Waals surface area contributed by atoms with E-state index >= 15 is 0 Å². The third-order valence-corrected chi connectivity index (χ3v) is 5.74. The first-order valence-corrected chi connectivity index (χ1v) is 8.39. The van der Waals surface area contributed by atoms with Crippen molar-refractivity contribution >= 4 is 57.7 Å². The van der Waals surface area contributed by atoms with E-state index in [0.29, 0.717) is 32.1 Å². The zero-order chi connectivity index (χ0) is 15.6. The van der Waals surface area contributed by atoms with E-state index in [4.69, 9.17) is 28.3 Å². The smallest absolute Gasteiger partial charge is 0.306 e. The fourth-order valence-corrected chi connectivity index (χ4v) is 3.70. The van der Waals surface area contributed by atoms with Crippen LogP contribution in [0.2, 0.25) is 10.0 Å². The standard InChI is InChI=1S/C14H14Cl2INO3/c15-8-4-10(12(17)11(16)5-8)13(19)18-6-7-2-1-3-9(7)14(20)21/h4-5,7,9H,1-3,6H2,(H,18,19)(H,20,21). The van der Waals surface area contributed by atoms with Gasteiger partial charge in [-0.25, -0.2) is 0 Å². The van der Waals surface area contributed by atoms with Gasteiger partial charge in [0.05, 0.1) is 16.5 Å². The Morgan fingerprint density at radius 2 is 2.05 bits per heavy atom. The highest BCUT2D eigenvalue weighted by atomic mass is 127. The van der Waals surface area contributed by atoms with Gasteiger partial charge in [-0.2, -0.15) is 0 Å². The summed E-state index contributed by atoms with van der Waals surface area (Å²) in [4.78, 5) is 23.3. The molecule has 1 fully saturated rings. The van der Waals surface area contributed by atoms with E-state index in [1.165, 1.54) is 0 Å². The van der Waals surface area contributed by atoms with Gasteiger partial charge in [0.1, 0.15) is 0 Å². The Morgan fingerprint density at radius 3 is 2.71 bits per heavy atom. The number of carboxylic acids is 1. The van der Waals surface area contributed by atoms with Crippen molar-refractivity contribution in [2.24, 2.45) is 11.8 Å². The topological polar surface area (TPSA) is 66.4 Å². The molecule has 0 aliphatic heterocycles. The summed E-state index contributed by atoms with van der Waals surface area (Å²) in [7, 11) is 0. The highest BCUT2D eigenvalue weighted by Gasteiger charge is 2.33. The fraction of sp³-hybridized carbons (Fsp3) is 0.429. The number of hydrogen-bond donors (Lipinski definition) is 2. The van der Waals surface area contributed by atoms with Gasteiger partial charge in [-0.05, 0) is 53.5 Å². The van der Waals surface area contributed by atoms with E-state index < -0.39 is 5.97 Å². The zero-order valence-electron chi connectivity index (χ0n) is 11.0. The molecule has 7 heteroatoms. The molecule has 0 aromatic heterocycles. The second-order valence-electron chi connectivity index (χ2n) is 5.09. The van der Waals surface area contributed by atoms with Gasteiger partial charge in [-0.15, -0.1) is 0 Å². The van der Waals surface area contributed by atoms with E-state index in [0.717, 1.165) is 12.8 Å². The minimum atomic E-state index is -0.785. The van der Waals surface area contributed by atoms with Gasteiger partial charge in [0.2, 0.25) is 0 Å². The Bertz CT molecular complexity index is 580. The number of carbonyl (C=O) groups excluding carboxylic acids is 1. The van der Waals surface area contributed by atoms with Crippen LogP contribution in [0.4, 0.5) is 0 Å². The number of carboxylic acid groups (broad SMARTS) is 1. The van der Waals surface area contributed by atoms with Crippen LogP contribution in [0.1, 0.15) is 29.6 Å². The Balaban J connectivity index is 2.04. The molecular weight excluding hydrogens is 428 g/mol. The molecule has 1 aliphatic carbocycles. The van der Waals surface area contributed by atoms with Crippen molar-refractivity contribution in [3.63, 3.8) is 0 Å². The first-order chi connectivity index (χ1) is 9.90. The average molecular weight is 442 g/mol. The van der Waals surface area contributed by atoms with Gasteiger partial charge in [-0.3, -0.25) is 9.59 Å². The first kappa shape index (κ1) is 16.8. The second kappa shape index (κ2) is 7.15. The van der Waals surface area contributed by atoms with Crippen LogP contribution in [0.15, 0.2) is 12.1 Å². The van der Waals surface area contributed by atoms with Crippen LogP contribution in [0, 0.1) is 15.4 Å². The molecule has 2 atom stereocenters. The third-order valence-electron chi connectivity index (χ3n) is 3.74. The summed E-state index contributed by atoms with van der Waals surface area (Å²) in [5.74, 6) is -1.45. The van der Waals surface area contributed by atoms with Crippen molar-refractivity contribution in [1.82, 2.24) is 5.32 Å². The van der Waals surface area contributed by atoms with Gasteiger partial charge in [0, 0.05) is 15.1 Å². The van der Waals surface area contributed by atoms with E-state index in [2.05, 4.69) is 5.32 Å². The van der Waals surface area contributed by atoms with Crippen LogP contribution in [0.5, 0.6) is 0 Å². The summed E-state index contributed by atoms with van der Waals surface area (Å²) >= 11 is 13.9. The molecule has 1 amide bonds. The summed E-state index contributed by atoms with van der Waals surface area (Å²) < 4.78 is 0.636. The molecule has 1 aromatic carbocycles. The van der Waals surface area contributed by atoms with E-state index in [9.17, 15) is 9.59 Å². The molecule has 2 N–H and O–H groups in total. The molecule has 0 bridgehead atoms. The van der Waals surface area contributed by atoms with E-state index in [-0.39, 0.29) is 17.7 Å². The minimum absolute atomic E-state index is 0.0150. The van der Waals surface area contributed by atoms with E-state index in [1.807, 2.05) is 22.6 Å². The molecule has 0 saturated heterocycles. The number of nitrogens with one attached hydrogen (secondary N) is 1. The van der Waals surface area contributed by atoms with Gasteiger partial charge < -0.3 is 10.4 Å². The molecule has 0 heterocycles. The number of halogens is 3. The van der Waals surface area contributed by atoms with Crippen LogP contribution in [-0.4, -0.2) is 23.5 Å². The Morgan fingerprint density at radius 1 is 1.33 bits per heavy atom. The highest BCUT2D eigenvalue weighted by molar-refractivity contribution is 14.1. The largest absolute Gasteiger partial charge is 0.481 e.